The van der Waals surface area contributed by atoms with E-state index in [0.717, 1.165) is 25.9 Å². The Bertz CT molecular complexity index is 259. The zero-order chi connectivity index (χ0) is 12.8. The highest BCUT2D eigenvalue weighted by molar-refractivity contribution is 5.60. The Hall–Kier alpha value is -0.810. The Labute approximate surface area is 109 Å². The van der Waals surface area contributed by atoms with Crippen LogP contribution in [0.5, 0.6) is 0 Å². The smallest absolute Gasteiger partial charge is 0.435 e. The van der Waals surface area contributed by atoms with Crippen molar-refractivity contribution in [2.75, 3.05) is 32.8 Å². The van der Waals surface area contributed by atoms with Crippen molar-refractivity contribution in [1.82, 2.24) is 10.0 Å². The van der Waals surface area contributed by atoms with Crippen LogP contribution in [-0.4, -0.2) is 55.1 Å². The topological polar surface area (TPSA) is 42.0 Å². The second kappa shape index (κ2) is 6.95. The van der Waals surface area contributed by atoms with E-state index in [9.17, 15) is 4.79 Å². The van der Waals surface area contributed by atoms with E-state index in [2.05, 4.69) is 10.0 Å². The van der Waals surface area contributed by atoms with Gasteiger partial charge < -0.3 is 9.47 Å². The predicted molar refractivity (Wildman–Crippen MR) is 68.1 cm³/mol. The first kappa shape index (κ1) is 13.6. The van der Waals surface area contributed by atoms with E-state index in [1.165, 1.54) is 32.4 Å². The molecule has 104 valence electrons. The molecule has 2 aliphatic heterocycles. The fraction of sp³-hybridized carbons (Fsp3) is 0.923. The lowest BCUT2D eigenvalue weighted by Crippen LogP contribution is -2.50. The third kappa shape index (κ3) is 3.85. The molecule has 5 heteroatoms. The summed E-state index contributed by atoms with van der Waals surface area (Å²) in [6.07, 6.45) is 5.31. The van der Waals surface area contributed by atoms with Crippen molar-refractivity contribution in [1.29, 1.82) is 0 Å². The number of carbonyl (C=O) groups is 1. The summed E-state index contributed by atoms with van der Waals surface area (Å²) in [7, 11) is 0. The summed E-state index contributed by atoms with van der Waals surface area (Å²) < 4.78 is 10.1. The molecule has 2 heterocycles. The van der Waals surface area contributed by atoms with Crippen LogP contribution in [0.3, 0.4) is 0 Å². The highest BCUT2D eigenvalue weighted by Gasteiger charge is 2.26. The number of piperidine rings is 2. The summed E-state index contributed by atoms with van der Waals surface area (Å²) in [6.45, 7) is 6.52. The first-order chi connectivity index (χ1) is 8.79. The van der Waals surface area contributed by atoms with Crippen molar-refractivity contribution in [3.05, 3.63) is 0 Å². The van der Waals surface area contributed by atoms with E-state index in [-0.39, 0.29) is 6.10 Å². The maximum absolute atomic E-state index is 11.2. The fourth-order valence-corrected chi connectivity index (χ4v) is 2.69. The minimum Gasteiger partial charge on any atom is -0.435 e. The lowest BCUT2D eigenvalue weighted by atomic mass is 10.1. The number of rotatable bonds is 3. The van der Waals surface area contributed by atoms with Gasteiger partial charge in [0.05, 0.1) is 6.61 Å². The highest BCUT2D eigenvalue weighted by Crippen LogP contribution is 2.19. The van der Waals surface area contributed by atoms with Crippen LogP contribution in [0.25, 0.3) is 0 Å². The Balaban J connectivity index is 1.69. The molecular weight excluding hydrogens is 232 g/mol. The van der Waals surface area contributed by atoms with Gasteiger partial charge in [0, 0.05) is 26.2 Å². The molecule has 0 aliphatic carbocycles. The van der Waals surface area contributed by atoms with Crippen molar-refractivity contribution in [3.8, 4) is 0 Å². The molecule has 0 radical (unpaired) electrons. The monoisotopic (exact) mass is 256 g/mol. The number of hydrogen-bond donors (Lipinski definition) is 0. The first-order valence-corrected chi connectivity index (χ1v) is 7.13. The first-order valence-electron chi connectivity index (χ1n) is 7.13. The summed E-state index contributed by atoms with van der Waals surface area (Å²) in [5.41, 5.74) is 0. The summed E-state index contributed by atoms with van der Waals surface area (Å²) in [4.78, 5) is 11.2. The fourth-order valence-electron chi connectivity index (χ4n) is 2.69. The van der Waals surface area contributed by atoms with Crippen LogP contribution in [0.1, 0.15) is 39.0 Å². The van der Waals surface area contributed by atoms with Gasteiger partial charge in [-0.25, -0.2) is 14.8 Å². The maximum Gasteiger partial charge on any atom is 0.508 e. The molecular formula is C13H24N2O3. The summed E-state index contributed by atoms with van der Waals surface area (Å²) in [5.74, 6) is 0. The van der Waals surface area contributed by atoms with Crippen LogP contribution in [0.2, 0.25) is 0 Å². The molecule has 0 saturated carbocycles. The average Bonchev–Trinajstić information content (AvgIpc) is 2.41. The van der Waals surface area contributed by atoms with E-state index >= 15 is 0 Å². The van der Waals surface area contributed by atoms with Gasteiger partial charge in [-0.3, -0.25) is 0 Å². The lowest BCUT2D eigenvalue weighted by molar-refractivity contribution is -0.0815. The second-order valence-corrected chi connectivity index (χ2v) is 4.97. The summed E-state index contributed by atoms with van der Waals surface area (Å²) in [5, 5.41) is 4.88. The number of carbonyl (C=O) groups excluding carboxylic acids is 1. The molecule has 0 atom stereocenters. The Morgan fingerprint density at radius 2 is 1.67 bits per heavy atom. The molecule has 0 unspecified atom stereocenters. The van der Waals surface area contributed by atoms with Gasteiger partial charge in [0.1, 0.15) is 6.10 Å². The third-order valence-electron chi connectivity index (χ3n) is 3.68. The largest absolute Gasteiger partial charge is 0.508 e. The molecule has 18 heavy (non-hydrogen) atoms. The third-order valence-corrected chi connectivity index (χ3v) is 3.68. The summed E-state index contributed by atoms with van der Waals surface area (Å²) in [6, 6.07) is 0. The molecule has 0 amide bonds. The van der Waals surface area contributed by atoms with E-state index in [1.54, 1.807) is 6.92 Å². The van der Waals surface area contributed by atoms with Gasteiger partial charge in [-0.15, -0.1) is 0 Å². The van der Waals surface area contributed by atoms with Gasteiger partial charge >= 0.3 is 6.16 Å². The Morgan fingerprint density at radius 3 is 2.28 bits per heavy atom. The van der Waals surface area contributed by atoms with Gasteiger partial charge in [-0.05, 0) is 32.6 Å². The van der Waals surface area contributed by atoms with Crippen LogP contribution < -0.4 is 0 Å². The molecule has 0 aromatic rings. The molecule has 2 fully saturated rings. The minimum absolute atomic E-state index is 0.0325. The molecule has 0 N–H and O–H groups in total. The SMILES string of the molecule is CCOC(=O)OC1CCN(N2CCCCC2)CC1. The number of ether oxygens (including phenoxy) is 2. The van der Waals surface area contributed by atoms with Crippen LogP contribution >= 0.6 is 0 Å². The Kier molecular flexibility index (Phi) is 5.26. The maximum atomic E-state index is 11.2. The van der Waals surface area contributed by atoms with Gasteiger partial charge in [-0.1, -0.05) is 6.42 Å². The molecule has 0 aromatic heterocycles. The van der Waals surface area contributed by atoms with Crippen molar-refractivity contribution >= 4 is 6.16 Å². The Morgan fingerprint density at radius 1 is 1.06 bits per heavy atom. The zero-order valence-corrected chi connectivity index (χ0v) is 11.3. The van der Waals surface area contributed by atoms with Crippen LogP contribution in [0.4, 0.5) is 4.79 Å². The molecule has 0 bridgehead atoms. The zero-order valence-electron chi connectivity index (χ0n) is 11.3. The molecule has 2 rings (SSSR count). The van der Waals surface area contributed by atoms with Crippen LogP contribution in [0, 0.1) is 0 Å². The molecule has 2 aliphatic rings. The molecule has 0 aromatic carbocycles. The van der Waals surface area contributed by atoms with E-state index in [4.69, 9.17) is 9.47 Å². The van der Waals surface area contributed by atoms with E-state index in [1.807, 2.05) is 0 Å². The van der Waals surface area contributed by atoms with Gasteiger partial charge in [0.2, 0.25) is 0 Å². The van der Waals surface area contributed by atoms with Gasteiger partial charge in [0.15, 0.2) is 0 Å². The van der Waals surface area contributed by atoms with Crippen molar-refractivity contribution in [2.45, 2.75) is 45.1 Å². The quantitative estimate of drug-likeness (QED) is 0.723. The van der Waals surface area contributed by atoms with E-state index in [0.29, 0.717) is 6.61 Å². The number of hydrogen-bond acceptors (Lipinski definition) is 5. The highest BCUT2D eigenvalue weighted by atomic mass is 16.7. The van der Waals surface area contributed by atoms with E-state index < -0.39 is 6.16 Å². The van der Waals surface area contributed by atoms with Gasteiger partial charge in [-0.2, -0.15) is 0 Å². The number of nitrogens with zero attached hydrogens (tertiary/aromatic N) is 2. The minimum atomic E-state index is -0.520. The van der Waals surface area contributed by atoms with Gasteiger partial charge in [0.25, 0.3) is 0 Å². The second-order valence-electron chi connectivity index (χ2n) is 4.97. The molecule has 2 saturated heterocycles. The van der Waals surface area contributed by atoms with Crippen LogP contribution in [0.15, 0.2) is 0 Å². The normalized spacial score (nSPS) is 23.8. The van der Waals surface area contributed by atoms with Crippen molar-refractivity contribution < 1.29 is 14.3 Å². The lowest BCUT2D eigenvalue weighted by Gasteiger charge is -2.41. The van der Waals surface area contributed by atoms with Crippen LogP contribution in [-0.2, 0) is 9.47 Å². The van der Waals surface area contributed by atoms with Crippen molar-refractivity contribution in [3.63, 3.8) is 0 Å². The van der Waals surface area contributed by atoms with Crippen molar-refractivity contribution in [2.24, 2.45) is 0 Å². The molecule has 0 spiro atoms. The predicted octanol–water partition coefficient (Wildman–Crippen LogP) is 2.02. The summed E-state index contributed by atoms with van der Waals surface area (Å²) >= 11 is 0. The molecule has 5 nitrogen and oxygen atoms in total. The standard InChI is InChI=1S/C13H24N2O3/c1-2-17-13(16)18-12-6-10-15(11-7-12)14-8-4-3-5-9-14/h12H,2-11H2,1H3. The number of hydrazine groups is 1. The average molecular weight is 256 g/mol.